The molecular weight excluding hydrogens is 649 g/mol. The zero-order chi connectivity index (χ0) is 35.3. The highest BCUT2D eigenvalue weighted by Gasteiger charge is 2.57. The number of nitrogens with zero attached hydrogens (tertiary/aromatic N) is 4. The molecule has 1 unspecified atom stereocenters. The number of nitrogens with two attached hydrogens (primary N) is 1. The van der Waals surface area contributed by atoms with Crippen LogP contribution < -0.4 is 20.7 Å². The summed E-state index contributed by atoms with van der Waals surface area (Å²) in [5.41, 5.74) is 3.61. The molecule has 1 aliphatic heterocycles. The number of hydrogen-bond acceptors (Lipinski definition) is 14. The van der Waals surface area contributed by atoms with E-state index in [1.807, 2.05) is 6.07 Å². The number of nitrogens with one attached hydrogen (secondary N) is 2. The van der Waals surface area contributed by atoms with E-state index in [-0.39, 0.29) is 36.3 Å². The van der Waals surface area contributed by atoms with E-state index in [1.165, 1.54) is 23.0 Å². The van der Waals surface area contributed by atoms with E-state index in [1.54, 1.807) is 65.0 Å². The number of carbonyl (C=O) groups is 2. The number of aromatic nitrogens is 3. The Morgan fingerprint density at radius 3 is 2.56 bits per heavy atom. The van der Waals surface area contributed by atoms with E-state index >= 15 is 0 Å². The SMILES string of the molecule is CC(C)[C@H](NC(=O)OC(C)(C)C)C(=O)OCCNP(=O)(OC[C@@]1(C#N)O[C@@H](c2ccc3c(N)ncnn23)[C@H](O)[C@@H]1O)Oc1ccccc1. The normalized spacial score (nSPS) is 22.9. The average molecular weight is 690 g/mol. The fraction of sp³-hybridized carbons (Fsp3) is 0.500. The summed E-state index contributed by atoms with van der Waals surface area (Å²) < 4.78 is 43.0. The summed E-state index contributed by atoms with van der Waals surface area (Å²) >= 11 is 0. The van der Waals surface area contributed by atoms with Crippen molar-refractivity contribution in [2.75, 3.05) is 25.5 Å². The maximum atomic E-state index is 14.0. The number of hydrogen-bond donors (Lipinski definition) is 5. The summed E-state index contributed by atoms with van der Waals surface area (Å²) in [6, 6.07) is 11.9. The Morgan fingerprint density at radius 2 is 1.92 bits per heavy atom. The van der Waals surface area contributed by atoms with Crippen molar-refractivity contribution >= 4 is 31.1 Å². The maximum absolute atomic E-state index is 14.0. The van der Waals surface area contributed by atoms with Gasteiger partial charge in [0.15, 0.2) is 5.82 Å². The van der Waals surface area contributed by atoms with Crippen LogP contribution in [0.3, 0.4) is 0 Å². The first-order valence-electron chi connectivity index (χ1n) is 15.0. The van der Waals surface area contributed by atoms with Crippen LogP contribution in [-0.2, 0) is 28.1 Å². The third-order valence-corrected chi connectivity index (χ3v) is 8.63. The predicted octanol–water partition coefficient (Wildman–Crippen LogP) is 2.25. The highest BCUT2D eigenvalue weighted by atomic mass is 31.2. The number of benzene rings is 1. The Morgan fingerprint density at radius 1 is 1.21 bits per heavy atom. The topological polar surface area (TPSA) is 242 Å². The predicted molar refractivity (Wildman–Crippen MR) is 169 cm³/mol. The molecule has 260 valence electrons. The molecule has 0 radical (unpaired) electrons. The second-order valence-corrected chi connectivity index (χ2v) is 14.0. The number of anilines is 1. The van der Waals surface area contributed by atoms with Gasteiger partial charge < -0.3 is 40.0 Å². The van der Waals surface area contributed by atoms with Gasteiger partial charge >= 0.3 is 19.8 Å². The molecule has 1 amide bonds. The van der Waals surface area contributed by atoms with Crippen molar-refractivity contribution in [3.63, 3.8) is 0 Å². The highest BCUT2D eigenvalue weighted by molar-refractivity contribution is 7.52. The highest BCUT2D eigenvalue weighted by Crippen LogP contribution is 2.48. The molecule has 1 saturated heterocycles. The van der Waals surface area contributed by atoms with E-state index in [9.17, 15) is 29.6 Å². The third-order valence-electron chi connectivity index (χ3n) is 7.10. The van der Waals surface area contributed by atoms with Gasteiger partial charge in [-0.25, -0.2) is 28.7 Å². The molecule has 4 rings (SSSR count). The van der Waals surface area contributed by atoms with Crippen molar-refractivity contribution in [3.8, 4) is 11.8 Å². The van der Waals surface area contributed by atoms with Crippen molar-refractivity contribution in [1.29, 1.82) is 5.26 Å². The first-order valence-corrected chi connectivity index (χ1v) is 16.6. The van der Waals surface area contributed by atoms with Crippen molar-refractivity contribution in [2.24, 2.45) is 5.92 Å². The number of esters is 1. The number of carbonyl (C=O) groups excluding carboxylic acids is 2. The summed E-state index contributed by atoms with van der Waals surface area (Å²) in [4.78, 5) is 29.0. The zero-order valence-corrected chi connectivity index (χ0v) is 28.0. The lowest BCUT2D eigenvalue weighted by molar-refractivity contribution is -0.147. The number of para-hydroxylation sites is 1. The van der Waals surface area contributed by atoms with Crippen LogP contribution in [0.4, 0.5) is 10.6 Å². The van der Waals surface area contributed by atoms with Crippen molar-refractivity contribution in [2.45, 2.75) is 70.2 Å². The second-order valence-electron chi connectivity index (χ2n) is 12.3. The van der Waals surface area contributed by atoms with E-state index in [4.69, 9.17) is 29.0 Å². The number of nitrogen functional groups attached to an aromatic ring is 1. The molecule has 1 aromatic carbocycles. The van der Waals surface area contributed by atoms with Crippen LogP contribution in [0.2, 0.25) is 0 Å². The summed E-state index contributed by atoms with van der Waals surface area (Å²) in [7, 11) is -4.37. The van der Waals surface area contributed by atoms with E-state index in [0.717, 1.165) is 0 Å². The summed E-state index contributed by atoms with van der Waals surface area (Å²) in [5.74, 6) is -0.801. The summed E-state index contributed by atoms with van der Waals surface area (Å²) in [6.45, 7) is 7.10. The molecule has 6 N–H and O–H groups in total. The Bertz CT molecular complexity index is 1680. The summed E-state index contributed by atoms with van der Waals surface area (Å²) in [5, 5.41) is 41.3. The lowest BCUT2D eigenvalue weighted by Gasteiger charge is -2.27. The molecule has 0 bridgehead atoms. The molecule has 3 heterocycles. The number of amides is 1. The number of aliphatic hydroxyl groups excluding tert-OH is 2. The molecule has 0 aliphatic carbocycles. The number of alkyl carbamates (subject to hydrolysis) is 1. The standard InChI is InChI=1S/C30H40N7O10P/c1-18(2)22(36-28(41)46-29(3,4)5)27(40)43-14-13-35-48(42,47-19-9-7-6-8-10-19)44-16-30(15-31)25(39)23(38)24(45-30)20-11-12-21-26(32)33-17-34-37(20)21/h6-12,17-18,22-25,38-39H,13-14,16H2,1-5H3,(H,35,42)(H,36,41)(H2,32,33,34)/t22-,23-,24-,25-,30+,48?/m0/s1. The van der Waals surface area contributed by atoms with Gasteiger partial charge in [-0.05, 0) is 51.0 Å². The van der Waals surface area contributed by atoms with Gasteiger partial charge in [-0.2, -0.15) is 10.4 Å². The Hall–Kier alpha value is -4.30. The van der Waals surface area contributed by atoms with Crippen LogP contribution in [0.5, 0.6) is 5.75 Å². The van der Waals surface area contributed by atoms with E-state index in [2.05, 4.69) is 20.5 Å². The molecule has 6 atom stereocenters. The third kappa shape index (κ3) is 8.58. The first kappa shape index (κ1) is 36.5. The van der Waals surface area contributed by atoms with Gasteiger partial charge in [-0.15, -0.1) is 0 Å². The number of rotatable bonds is 13. The number of fused-ring (bicyclic) bond motifs is 1. The lowest BCUT2D eigenvalue weighted by atomic mass is 9.96. The van der Waals surface area contributed by atoms with Gasteiger partial charge in [0.2, 0.25) is 5.60 Å². The van der Waals surface area contributed by atoms with Gasteiger partial charge in [0.05, 0.1) is 5.69 Å². The minimum absolute atomic E-state index is 0.139. The number of nitriles is 1. The molecule has 18 heteroatoms. The lowest BCUT2D eigenvalue weighted by Crippen LogP contribution is -2.47. The molecule has 1 fully saturated rings. The quantitative estimate of drug-likeness (QED) is 0.0982. The monoisotopic (exact) mass is 689 g/mol. The Balaban J connectivity index is 1.45. The Labute approximate surface area is 276 Å². The van der Waals surface area contributed by atoms with Crippen LogP contribution in [0.15, 0.2) is 48.8 Å². The molecule has 2 aromatic heterocycles. The zero-order valence-electron chi connectivity index (χ0n) is 27.1. The van der Waals surface area contributed by atoms with Crippen LogP contribution in [0.1, 0.15) is 46.4 Å². The van der Waals surface area contributed by atoms with Crippen molar-refractivity contribution in [3.05, 3.63) is 54.5 Å². The molecule has 48 heavy (non-hydrogen) atoms. The van der Waals surface area contributed by atoms with Crippen molar-refractivity contribution < 1.29 is 47.6 Å². The molecule has 1 aliphatic rings. The largest absolute Gasteiger partial charge is 0.463 e. The number of ether oxygens (including phenoxy) is 3. The fourth-order valence-electron chi connectivity index (χ4n) is 4.74. The molecule has 17 nitrogen and oxygen atoms in total. The van der Waals surface area contributed by atoms with Crippen LogP contribution in [-0.4, -0.2) is 86.1 Å². The van der Waals surface area contributed by atoms with E-state index in [0.29, 0.717) is 5.52 Å². The molecular formula is C30H40N7O10P. The maximum Gasteiger partial charge on any atom is 0.458 e. The van der Waals surface area contributed by atoms with Gasteiger partial charge in [0.25, 0.3) is 0 Å². The van der Waals surface area contributed by atoms with Crippen LogP contribution in [0.25, 0.3) is 5.52 Å². The molecule has 0 spiro atoms. The molecule has 3 aromatic rings. The van der Waals surface area contributed by atoms with E-state index < -0.39 is 62.0 Å². The van der Waals surface area contributed by atoms with Gasteiger partial charge in [-0.1, -0.05) is 32.0 Å². The summed E-state index contributed by atoms with van der Waals surface area (Å²) in [6.07, 6.45) is -4.28. The second kappa shape index (κ2) is 14.9. The number of aliphatic hydroxyl groups is 2. The van der Waals surface area contributed by atoms with Gasteiger partial charge in [0, 0.05) is 6.54 Å². The first-order chi connectivity index (χ1) is 22.6. The fourth-order valence-corrected chi connectivity index (χ4v) is 6.07. The smallest absolute Gasteiger partial charge is 0.458 e. The van der Waals surface area contributed by atoms with Crippen molar-refractivity contribution in [1.82, 2.24) is 25.0 Å². The van der Waals surface area contributed by atoms with Crippen LogP contribution in [0, 0.1) is 17.2 Å². The molecule has 0 saturated carbocycles. The minimum atomic E-state index is -4.37. The van der Waals surface area contributed by atoms with Gasteiger partial charge in [-0.3, -0.25) is 4.52 Å². The minimum Gasteiger partial charge on any atom is -0.463 e. The van der Waals surface area contributed by atoms with Crippen LogP contribution >= 0.6 is 7.75 Å². The van der Waals surface area contributed by atoms with Gasteiger partial charge in [0.1, 0.15) is 66.8 Å². The average Bonchev–Trinajstić information content (AvgIpc) is 3.56. The Kier molecular flexibility index (Phi) is 11.3.